The molecule has 0 radical (unpaired) electrons. The predicted octanol–water partition coefficient (Wildman–Crippen LogP) is 0.433. The molecule has 60 valence electrons. The Kier molecular flexibility index (Phi) is 6.07. The molecule has 0 saturated carbocycles. The van der Waals surface area contributed by atoms with Crippen LogP contribution in [0, 0.1) is 5.92 Å². The first kappa shape index (κ1) is 11.7. The second-order valence-corrected chi connectivity index (χ2v) is 2.90. The topological polar surface area (TPSA) is 0 Å². The van der Waals surface area contributed by atoms with Gasteiger partial charge in [0.15, 0.2) is 0 Å². The Bertz CT molecular complexity index is 193. The molecule has 12 heavy (non-hydrogen) atoms. The fourth-order valence-corrected chi connectivity index (χ4v) is 1.24. The molecule has 0 bridgehead atoms. The molecule has 0 amide bonds. The predicted molar refractivity (Wildman–Crippen MR) is 49.4 cm³/mol. The zero-order chi connectivity index (χ0) is 8.10. The maximum absolute atomic E-state index is 2.21. The van der Waals surface area contributed by atoms with Crippen molar-refractivity contribution in [3.63, 3.8) is 0 Å². The van der Waals surface area contributed by atoms with E-state index in [-0.39, 0.29) is 18.9 Å². The van der Waals surface area contributed by atoms with Crippen molar-refractivity contribution in [2.24, 2.45) is 0 Å². The Balaban J connectivity index is 0.00000121. The molecule has 0 nitrogen and oxygen atoms in total. The largest absolute Gasteiger partial charge is 1.00 e. The zero-order valence-electron chi connectivity index (χ0n) is 8.30. The van der Waals surface area contributed by atoms with Crippen LogP contribution in [0.3, 0.4) is 0 Å². The van der Waals surface area contributed by atoms with Gasteiger partial charge in [-0.3, -0.25) is 0 Å². The summed E-state index contributed by atoms with van der Waals surface area (Å²) in [7, 11) is 0. The van der Waals surface area contributed by atoms with Crippen molar-refractivity contribution in [3.05, 3.63) is 41.8 Å². The van der Waals surface area contributed by atoms with Crippen LogP contribution in [-0.2, 0) is 0 Å². The second-order valence-electron chi connectivity index (χ2n) is 2.90. The first-order valence-corrected chi connectivity index (χ1v) is 4.22. The summed E-state index contributed by atoms with van der Waals surface area (Å²) in [6, 6.07) is 10.6. The summed E-state index contributed by atoms with van der Waals surface area (Å²) in [4.78, 5) is 0. The fraction of sp³-hybridized carbons (Fsp3) is 0.364. The minimum Gasteiger partial charge on any atom is -0.189 e. The molecule has 0 saturated heterocycles. The van der Waals surface area contributed by atoms with Gasteiger partial charge in [0.2, 0.25) is 0 Å². The van der Waals surface area contributed by atoms with Crippen LogP contribution < -0.4 is 18.9 Å². The molecule has 0 N–H and O–H groups in total. The smallest absolute Gasteiger partial charge is 0.189 e. The maximum Gasteiger partial charge on any atom is 1.00 e. The minimum atomic E-state index is 0. The molecule has 1 aromatic carbocycles. The van der Waals surface area contributed by atoms with E-state index in [0.29, 0.717) is 0 Å². The number of hydrogen-bond acceptors (Lipinski definition) is 0. The van der Waals surface area contributed by atoms with Crippen LogP contribution in [-0.4, -0.2) is 0 Å². The maximum atomic E-state index is 2.21. The average molecular weight is 154 g/mol. The zero-order valence-corrected chi connectivity index (χ0v) is 8.30. The summed E-state index contributed by atoms with van der Waals surface area (Å²) in [6.07, 6.45) is 2.45. The molecule has 0 aliphatic carbocycles. The van der Waals surface area contributed by atoms with Gasteiger partial charge in [0, 0.05) is 0 Å². The molecule has 0 aromatic heterocycles. The SMILES string of the molecule is CCC[C-](C)c1ccccc1.[Li+]. The van der Waals surface area contributed by atoms with Crippen molar-refractivity contribution in [1.29, 1.82) is 0 Å². The summed E-state index contributed by atoms with van der Waals surface area (Å²) in [5.41, 5.74) is 1.38. The van der Waals surface area contributed by atoms with E-state index in [4.69, 9.17) is 0 Å². The molecule has 0 heterocycles. The van der Waals surface area contributed by atoms with Gasteiger partial charge in [-0.05, 0) is 0 Å². The third kappa shape index (κ3) is 3.39. The van der Waals surface area contributed by atoms with Gasteiger partial charge in [0.1, 0.15) is 0 Å². The van der Waals surface area contributed by atoms with Gasteiger partial charge < -0.3 is 0 Å². The van der Waals surface area contributed by atoms with Crippen molar-refractivity contribution in [1.82, 2.24) is 0 Å². The molecular weight excluding hydrogens is 139 g/mol. The molecule has 0 spiro atoms. The Hall–Kier alpha value is -0.313. The summed E-state index contributed by atoms with van der Waals surface area (Å²) in [6.45, 7) is 4.42. The molecule has 1 aromatic rings. The van der Waals surface area contributed by atoms with E-state index in [9.17, 15) is 0 Å². The van der Waals surface area contributed by atoms with Gasteiger partial charge in [0.25, 0.3) is 0 Å². The van der Waals surface area contributed by atoms with Crippen LogP contribution >= 0.6 is 0 Å². The van der Waals surface area contributed by atoms with Gasteiger partial charge in [-0.15, -0.1) is 12.1 Å². The van der Waals surface area contributed by atoms with Crippen molar-refractivity contribution in [2.45, 2.75) is 26.7 Å². The van der Waals surface area contributed by atoms with Crippen LogP contribution in [0.2, 0.25) is 0 Å². The quantitative estimate of drug-likeness (QED) is 0.437. The molecule has 0 aliphatic heterocycles. The van der Waals surface area contributed by atoms with Gasteiger partial charge in [-0.1, -0.05) is 32.8 Å². The van der Waals surface area contributed by atoms with Crippen molar-refractivity contribution in [3.8, 4) is 0 Å². The Morgan fingerprint density at radius 3 is 2.25 bits per heavy atom. The van der Waals surface area contributed by atoms with E-state index < -0.39 is 0 Å². The van der Waals surface area contributed by atoms with E-state index in [1.165, 1.54) is 24.3 Å². The van der Waals surface area contributed by atoms with E-state index in [2.05, 4.69) is 44.2 Å². The van der Waals surface area contributed by atoms with Crippen LogP contribution in [0.25, 0.3) is 0 Å². The molecule has 0 unspecified atom stereocenters. The number of rotatable bonds is 3. The Morgan fingerprint density at radius 2 is 1.75 bits per heavy atom. The van der Waals surface area contributed by atoms with E-state index in [1.807, 2.05) is 0 Å². The molecule has 0 fully saturated rings. The van der Waals surface area contributed by atoms with Crippen LogP contribution in [0.15, 0.2) is 30.3 Å². The molecule has 1 heteroatoms. The van der Waals surface area contributed by atoms with Gasteiger partial charge in [0.05, 0.1) is 0 Å². The summed E-state index contributed by atoms with van der Waals surface area (Å²) < 4.78 is 0. The average Bonchev–Trinajstić information content (AvgIpc) is 2.07. The standard InChI is InChI=1S/C11H15.Li/c1-3-7-10(2)11-8-5-4-6-9-11;/h4-6,8-9H,3,7H2,1-2H3;/q-1;+1. The number of hydrogen-bond donors (Lipinski definition) is 0. The van der Waals surface area contributed by atoms with Crippen molar-refractivity contribution >= 4 is 0 Å². The summed E-state index contributed by atoms with van der Waals surface area (Å²) in [5.74, 6) is 1.49. The van der Waals surface area contributed by atoms with Crippen LogP contribution in [0.1, 0.15) is 32.3 Å². The van der Waals surface area contributed by atoms with Crippen LogP contribution in [0.5, 0.6) is 0 Å². The molecule has 0 atom stereocenters. The molecule has 0 aliphatic rings. The first-order valence-electron chi connectivity index (χ1n) is 4.22. The molecule has 1 rings (SSSR count). The van der Waals surface area contributed by atoms with Gasteiger partial charge in [-0.25, -0.2) is 0 Å². The van der Waals surface area contributed by atoms with Crippen molar-refractivity contribution < 1.29 is 18.9 Å². The first-order chi connectivity index (χ1) is 5.34. The second kappa shape index (κ2) is 6.23. The van der Waals surface area contributed by atoms with Crippen LogP contribution in [0.4, 0.5) is 0 Å². The summed E-state index contributed by atoms with van der Waals surface area (Å²) >= 11 is 0. The minimum absolute atomic E-state index is 0. The number of benzene rings is 1. The van der Waals surface area contributed by atoms with E-state index in [1.54, 1.807) is 0 Å². The Morgan fingerprint density at radius 1 is 1.17 bits per heavy atom. The monoisotopic (exact) mass is 154 g/mol. The fourth-order valence-electron chi connectivity index (χ4n) is 1.24. The molecular formula is C11H15Li. The normalized spacial score (nSPS) is 8.83. The van der Waals surface area contributed by atoms with Gasteiger partial charge >= 0.3 is 18.9 Å². The van der Waals surface area contributed by atoms with Crippen molar-refractivity contribution in [2.75, 3.05) is 0 Å². The van der Waals surface area contributed by atoms with E-state index in [0.717, 1.165) is 0 Å². The van der Waals surface area contributed by atoms with Gasteiger partial charge in [-0.2, -0.15) is 23.6 Å². The van der Waals surface area contributed by atoms with E-state index >= 15 is 0 Å². The third-order valence-electron chi connectivity index (χ3n) is 1.89. The third-order valence-corrected chi connectivity index (χ3v) is 1.89. The Labute approximate surface area is 87.6 Å². The summed E-state index contributed by atoms with van der Waals surface area (Å²) in [5, 5.41) is 0.